The van der Waals surface area contributed by atoms with Crippen LogP contribution in [0, 0.1) is 0 Å². The Morgan fingerprint density at radius 3 is 2.38 bits per heavy atom. The number of hydrogen-bond acceptors (Lipinski definition) is 3. The van der Waals surface area contributed by atoms with Crippen LogP contribution in [0.4, 0.5) is 8.78 Å². The quantitative estimate of drug-likeness (QED) is 0.798. The van der Waals surface area contributed by atoms with Gasteiger partial charge in [-0.2, -0.15) is 13.1 Å². The molecule has 0 unspecified atom stereocenters. The number of piperidine rings is 1. The van der Waals surface area contributed by atoms with Crippen molar-refractivity contribution >= 4 is 10.0 Å². The first-order chi connectivity index (χ1) is 7.48. The molecule has 1 heterocycles. The van der Waals surface area contributed by atoms with Crippen LogP contribution in [0.1, 0.15) is 26.2 Å². The Morgan fingerprint density at radius 1 is 1.38 bits per heavy atom. The molecule has 0 radical (unpaired) electrons. The third-order valence-electron chi connectivity index (χ3n) is 2.72. The van der Waals surface area contributed by atoms with Crippen molar-refractivity contribution in [2.45, 2.75) is 38.0 Å². The van der Waals surface area contributed by atoms with Gasteiger partial charge in [0.25, 0.3) is 10.0 Å². The molecular weight excluding hydrogens is 238 g/mol. The predicted molar refractivity (Wildman–Crippen MR) is 57.8 cm³/mol. The Kier molecular flexibility index (Phi) is 5.07. The van der Waals surface area contributed by atoms with E-state index >= 15 is 0 Å². The van der Waals surface area contributed by atoms with Crippen LogP contribution < -0.4 is 5.32 Å². The molecule has 1 N–H and O–H groups in total. The standard InChI is InChI=1S/C9H18F2N2O2S/c1-2-5-12-8-3-6-13(7-4-8)16(14,15)9(10)11/h8-9,12H,2-7H2,1H3. The molecule has 0 aromatic carbocycles. The van der Waals surface area contributed by atoms with Gasteiger partial charge in [-0.3, -0.25) is 0 Å². The zero-order chi connectivity index (χ0) is 12.2. The molecule has 4 nitrogen and oxygen atoms in total. The van der Waals surface area contributed by atoms with Gasteiger partial charge in [0.1, 0.15) is 0 Å². The maximum Gasteiger partial charge on any atom is 0.350 e. The summed E-state index contributed by atoms with van der Waals surface area (Å²) in [5, 5.41) is 3.26. The highest BCUT2D eigenvalue weighted by atomic mass is 32.2. The second-order valence-corrected chi connectivity index (χ2v) is 5.84. The van der Waals surface area contributed by atoms with Crippen molar-refractivity contribution in [3.8, 4) is 0 Å². The summed E-state index contributed by atoms with van der Waals surface area (Å²) in [7, 11) is -4.37. The van der Waals surface area contributed by atoms with E-state index in [0.717, 1.165) is 17.3 Å². The van der Waals surface area contributed by atoms with E-state index in [4.69, 9.17) is 0 Å². The molecule has 0 bridgehead atoms. The van der Waals surface area contributed by atoms with E-state index in [-0.39, 0.29) is 19.1 Å². The lowest BCUT2D eigenvalue weighted by Gasteiger charge is -2.31. The Morgan fingerprint density at radius 2 is 1.94 bits per heavy atom. The summed E-state index contributed by atoms with van der Waals surface area (Å²) in [6.45, 7) is 3.30. The van der Waals surface area contributed by atoms with Crippen molar-refractivity contribution in [3.63, 3.8) is 0 Å². The number of rotatable bonds is 5. The second kappa shape index (κ2) is 5.88. The van der Waals surface area contributed by atoms with Crippen molar-refractivity contribution < 1.29 is 17.2 Å². The molecular formula is C9H18F2N2O2S. The molecule has 0 saturated carbocycles. The van der Waals surface area contributed by atoms with Gasteiger partial charge >= 0.3 is 5.76 Å². The number of nitrogens with one attached hydrogen (secondary N) is 1. The molecule has 1 fully saturated rings. The summed E-state index contributed by atoms with van der Waals surface area (Å²) in [6.07, 6.45) is 2.22. The van der Waals surface area contributed by atoms with Gasteiger partial charge in [-0.1, -0.05) is 6.92 Å². The van der Waals surface area contributed by atoms with E-state index in [0.29, 0.717) is 12.8 Å². The van der Waals surface area contributed by atoms with Crippen LogP contribution in [0.5, 0.6) is 0 Å². The van der Waals surface area contributed by atoms with E-state index in [2.05, 4.69) is 5.32 Å². The summed E-state index contributed by atoms with van der Waals surface area (Å²) < 4.78 is 47.7. The topological polar surface area (TPSA) is 49.4 Å². The fraction of sp³-hybridized carbons (Fsp3) is 1.00. The second-order valence-electron chi connectivity index (χ2n) is 3.93. The number of hydrogen-bond donors (Lipinski definition) is 1. The first-order valence-electron chi connectivity index (χ1n) is 5.49. The number of nitrogens with zero attached hydrogens (tertiary/aromatic N) is 1. The zero-order valence-corrected chi connectivity index (χ0v) is 10.1. The fourth-order valence-electron chi connectivity index (χ4n) is 1.78. The number of halogens is 2. The molecule has 0 aromatic heterocycles. The summed E-state index contributed by atoms with van der Waals surface area (Å²) in [5.41, 5.74) is 0. The number of alkyl halides is 2. The normalized spacial score (nSPS) is 20.5. The molecule has 7 heteroatoms. The first-order valence-corrected chi connectivity index (χ1v) is 6.99. The lowest BCUT2D eigenvalue weighted by Crippen LogP contribution is -2.46. The van der Waals surface area contributed by atoms with E-state index in [1.807, 2.05) is 6.92 Å². The van der Waals surface area contributed by atoms with E-state index in [1.54, 1.807) is 0 Å². The molecule has 1 rings (SSSR count). The minimum absolute atomic E-state index is 0.189. The molecule has 96 valence electrons. The van der Waals surface area contributed by atoms with E-state index in [1.165, 1.54) is 0 Å². The average Bonchev–Trinajstić information content (AvgIpc) is 2.26. The largest absolute Gasteiger partial charge is 0.350 e. The molecule has 0 amide bonds. The molecule has 0 aliphatic carbocycles. The molecule has 1 aliphatic rings. The average molecular weight is 256 g/mol. The van der Waals surface area contributed by atoms with Gasteiger partial charge in [0, 0.05) is 19.1 Å². The molecule has 0 spiro atoms. The maximum absolute atomic E-state index is 12.3. The van der Waals surface area contributed by atoms with Gasteiger partial charge in [0.15, 0.2) is 0 Å². The van der Waals surface area contributed by atoms with Gasteiger partial charge in [0.05, 0.1) is 0 Å². The minimum atomic E-state index is -4.37. The van der Waals surface area contributed by atoms with Crippen molar-refractivity contribution in [1.29, 1.82) is 0 Å². The van der Waals surface area contributed by atoms with Crippen molar-refractivity contribution in [1.82, 2.24) is 9.62 Å². The lowest BCUT2D eigenvalue weighted by molar-refractivity contribution is 0.207. The Bertz CT molecular complexity index is 301. The third-order valence-corrected chi connectivity index (χ3v) is 4.26. The van der Waals surface area contributed by atoms with Gasteiger partial charge in [-0.25, -0.2) is 8.42 Å². The number of sulfonamides is 1. The van der Waals surface area contributed by atoms with Crippen LogP contribution in [0.3, 0.4) is 0 Å². The van der Waals surface area contributed by atoms with Crippen LogP contribution in [-0.4, -0.2) is 44.2 Å². The summed E-state index contributed by atoms with van der Waals surface area (Å²) in [5.74, 6) is -3.30. The Hall–Kier alpha value is -0.270. The summed E-state index contributed by atoms with van der Waals surface area (Å²) >= 11 is 0. The highest BCUT2D eigenvalue weighted by Crippen LogP contribution is 2.18. The predicted octanol–water partition coefficient (Wildman–Crippen LogP) is 1.00. The molecule has 0 aromatic rings. The highest BCUT2D eigenvalue weighted by molar-refractivity contribution is 7.89. The molecule has 1 aliphatic heterocycles. The summed E-state index contributed by atoms with van der Waals surface area (Å²) in [4.78, 5) is 0. The van der Waals surface area contributed by atoms with Crippen LogP contribution >= 0.6 is 0 Å². The lowest BCUT2D eigenvalue weighted by atomic mass is 10.1. The zero-order valence-electron chi connectivity index (χ0n) is 9.33. The van der Waals surface area contributed by atoms with Crippen molar-refractivity contribution in [2.24, 2.45) is 0 Å². The highest BCUT2D eigenvalue weighted by Gasteiger charge is 2.34. The van der Waals surface area contributed by atoms with Crippen LogP contribution in [-0.2, 0) is 10.0 Å². The van der Waals surface area contributed by atoms with E-state index < -0.39 is 15.8 Å². The van der Waals surface area contributed by atoms with Gasteiger partial charge < -0.3 is 5.32 Å². The summed E-state index contributed by atoms with van der Waals surface area (Å²) in [6, 6.07) is 0.254. The Balaban J connectivity index is 2.43. The smallest absolute Gasteiger partial charge is 0.314 e. The minimum Gasteiger partial charge on any atom is -0.314 e. The van der Waals surface area contributed by atoms with Gasteiger partial charge in [-0.15, -0.1) is 0 Å². The molecule has 1 saturated heterocycles. The maximum atomic E-state index is 12.3. The molecule has 16 heavy (non-hydrogen) atoms. The van der Waals surface area contributed by atoms with E-state index in [9.17, 15) is 17.2 Å². The van der Waals surface area contributed by atoms with Crippen molar-refractivity contribution in [3.05, 3.63) is 0 Å². The van der Waals surface area contributed by atoms with Crippen LogP contribution in [0.2, 0.25) is 0 Å². The first kappa shape index (κ1) is 13.8. The van der Waals surface area contributed by atoms with Gasteiger partial charge in [-0.05, 0) is 25.8 Å². The monoisotopic (exact) mass is 256 g/mol. The van der Waals surface area contributed by atoms with Gasteiger partial charge in [0.2, 0.25) is 0 Å². The van der Waals surface area contributed by atoms with Crippen molar-refractivity contribution in [2.75, 3.05) is 19.6 Å². The van der Waals surface area contributed by atoms with Crippen LogP contribution in [0.15, 0.2) is 0 Å². The SMILES string of the molecule is CCCNC1CCN(S(=O)(=O)C(F)F)CC1. The Labute approximate surface area is 95.1 Å². The molecule has 0 atom stereocenters. The fourth-order valence-corrected chi connectivity index (χ4v) is 2.72. The van der Waals surface area contributed by atoms with Crippen LogP contribution in [0.25, 0.3) is 0 Å². The third kappa shape index (κ3) is 3.36.